The van der Waals surface area contributed by atoms with E-state index in [0.29, 0.717) is 17.8 Å². The third kappa shape index (κ3) is 4.82. The molecule has 1 saturated carbocycles. The lowest BCUT2D eigenvalue weighted by molar-refractivity contribution is 0.0642. The number of rotatable bonds is 8. The summed E-state index contributed by atoms with van der Waals surface area (Å²) in [7, 11) is 8.38. The number of benzene rings is 3. The number of nitrogens with one attached hydrogen (secondary N) is 2. The van der Waals surface area contributed by atoms with Crippen molar-refractivity contribution >= 4 is 23.5 Å². The maximum atomic E-state index is 4.89. The second-order valence-corrected chi connectivity index (χ2v) is 10.3. The summed E-state index contributed by atoms with van der Waals surface area (Å²) in [5, 5.41) is 6.46. The molecular weight excluding hydrogens is 470 g/mol. The highest BCUT2D eigenvalue weighted by Gasteiger charge is 2.48. The van der Waals surface area contributed by atoms with E-state index in [1.165, 1.54) is 11.1 Å². The summed E-state index contributed by atoms with van der Waals surface area (Å²) in [5.74, 6) is 1.69. The van der Waals surface area contributed by atoms with Crippen LogP contribution in [0.5, 0.6) is 0 Å². The molecule has 0 unspecified atom stereocenters. The largest absolute Gasteiger partial charge is 0.357 e. The molecule has 1 aliphatic carbocycles. The summed E-state index contributed by atoms with van der Waals surface area (Å²) in [6.07, 6.45) is 3.95. The Kier molecular flexibility index (Phi) is 7.29. The fourth-order valence-electron chi connectivity index (χ4n) is 5.91. The van der Waals surface area contributed by atoms with Crippen molar-refractivity contribution in [1.82, 2.24) is 19.9 Å². The smallest absolute Gasteiger partial charge is 0.233 e. The predicted octanol–water partition coefficient (Wildman–Crippen LogP) is 6.02. The zero-order valence-electron chi connectivity index (χ0n) is 22.7. The van der Waals surface area contributed by atoms with Gasteiger partial charge in [-0.2, -0.15) is 15.0 Å². The van der Waals surface area contributed by atoms with E-state index in [1.807, 2.05) is 37.4 Å². The van der Waals surface area contributed by atoms with Gasteiger partial charge in [-0.25, -0.2) is 0 Å². The summed E-state index contributed by atoms with van der Waals surface area (Å²) < 4.78 is 0. The van der Waals surface area contributed by atoms with Crippen LogP contribution < -0.4 is 15.5 Å². The molecule has 0 atom stereocenters. The Morgan fingerprint density at radius 1 is 0.605 bits per heavy atom. The first-order chi connectivity index (χ1) is 18.5. The van der Waals surface area contributed by atoms with Crippen LogP contribution in [-0.2, 0) is 11.1 Å². The maximum absolute atomic E-state index is 4.89. The quantitative estimate of drug-likeness (QED) is 0.302. The van der Waals surface area contributed by atoms with E-state index in [9.17, 15) is 0 Å². The van der Waals surface area contributed by atoms with Crippen molar-refractivity contribution in [3.8, 4) is 0 Å². The van der Waals surface area contributed by atoms with Crippen LogP contribution in [0.4, 0.5) is 23.5 Å². The van der Waals surface area contributed by atoms with E-state index in [2.05, 4.69) is 107 Å². The number of anilines is 4. The van der Waals surface area contributed by atoms with Gasteiger partial charge in [-0.05, 0) is 63.0 Å². The average Bonchev–Trinajstić information content (AvgIpc) is 2.98. The van der Waals surface area contributed by atoms with E-state index in [0.717, 1.165) is 31.4 Å². The van der Waals surface area contributed by atoms with Crippen molar-refractivity contribution in [3.05, 3.63) is 102 Å². The van der Waals surface area contributed by atoms with Crippen LogP contribution in [0.25, 0.3) is 0 Å². The lowest BCUT2D eigenvalue weighted by atomic mass is 9.66. The number of nitrogens with zero attached hydrogens (tertiary/aromatic N) is 5. The third-order valence-corrected chi connectivity index (χ3v) is 8.20. The zero-order chi connectivity index (χ0) is 26.6. The van der Waals surface area contributed by atoms with Crippen LogP contribution in [0.1, 0.15) is 36.8 Å². The van der Waals surface area contributed by atoms with E-state index >= 15 is 0 Å². The molecular formula is C31H37N7. The first-order valence-corrected chi connectivity index (χ1v) is 13.3. The number of aromatic nitrogens is 3. The van der Waals surface area contributed by atoms with Crippen LogP contribution in [0.15, 0.2) is 91.0 Å². The molecule has 0 bridgehead atoms. The van der Waals surface area contributed by atoms with Gasteiger partial charge in [0, 0.05) is 25.3 Å². The van der Waals surface area contributed by atoms with Crippen LogP contribution in [0.3, 0.4) is 0 Å². The topological polar surface area (TPSA) is 69.2 Å². The molecule has 7 nitrogen and oxygen atoms in total. The summed E-state index contributed by atoms with van der Waals surface area (Å²) in [5.41, 5.74) is 3.32. The van der Waals surface area contributed by atoms with Crippen LogP contribution in [0, 0.1) is 0 Å². The average molecular weight is 508 g/mol. The van der Waals surface area contributed by atoms with Crippen LogP contribution in [0.2, 0.25) is 0 Å². The van der Waals surface area contributed by atoms with Crippen molar-refractivity contribution in [3.63, 3.8) is 0 Å². The van der Waals surface area contributed by atoms with Crippen molar-refractivity contribution < 1.29 is 0 Å². The highest BCUT2D eigenvalue weighted by molar-refractivity contribution is 5.56. The number of hydrogen-bond acceptors (Lipinski definition) is 7. The lowest BCUT2D eigenvalue weighted by Gasteiger charge is -2.53. The molecule has 7 heteroatoms. The standard InChI is InChI=1S/C31H37N7/c1-32-27-34-28(33-26-18-12-7-13-19-26)36-29(35-27)38(4)31(25-16-10-6-11-17-25)22-20-30(21-23-31,37(2)3)24-14-8-5-9-15-24/h5-19H,20-23H2,1-4H3,(H2,32,33,34,35,36). The molecule has 3 aromatic carbocycles. The Labute approximate surface area is 226 Å². The summed E-state index contributed by atoms with van der Waals surface area (Å²) >= 11 is 0. The maximum Gasteiger partial charge on any atom is 0.233 e. The third-order valence-electron chi connectivity index (χ3n) is 8.20. The minimum atomic E-state index is -0.258. The molecule has 1 aromatic heterocycles. The molecule has 4 aromatic rings. The SMILES string of the molecule is CNc1nc(Nc2ccccc2)nc(N(C)C2(c3ccccc3)CCC(c3ccccc3)(N(C)C)CC2)n1. The van der Waals surface area contributed by atoms with Gasteiger partial charge in [0.25, 0.3) is 0 Å². The first kappa shape index (κ1) is 25.7. The molecule has 38 heavy (non-hydrogen) atoms. The molecule has 0 saturated heterocycles. The predicted molar refractivity (Wildman–Crippen MR) is 156 cm³/mol. The Balaban J connectivity index is 1.53. The van der Waals surface area contributed by atoms with Gasteiger partial charge < -0.3 is 15.5 Å². The van der Waals surface area contributed by atoms with Crippen molar-refractivity contribution in [2.45, 2.75) is 36.8 Å². The van der Waals surface area contributed by atoms with E-state index in [4.69, 9.17) is 9.97 Å². The molecule has 0 amide bonds. The van der Waals surface area contributed by atoms with Crippen LogP contribution in [-0.4, -0.2) is 48.0 Å². The minimum Gasteiger partial charge on any atom is -0.357 e. The molecule has 1 heterocycles. The van der Waals surface area contributed by atoms with Gasteiger partial charge in [0.2, 0.25) is 17.8 Å². The summed E-state index contributed by atoms with van der Waals surface area (Å²) in [6.45, 7) is 0. The van der Waals surface area contributed by atoms with Crippen molar-refractivity contribution in [2.24, 2.45) is 0 Å². The second-order valence-electron chi connectivity index (χ2n) is 10.3. The van der Waals surface area contributed by atoms with Crippen molar-refractivity contribution in [2.75, 3.05) is 43.7 Å². The molecule has 5 rings (SSSR count). The molecule has 196 valence electrons. The molecule has 0 radical (unpaired) electrons. The van der Waals surface area contributed by atoms with Gasteiger partial charge in [-0.1, -0.05) is 78.9 Å². The number of hydrogen-bond donors (Lipinski definition) is 2. The van der Waals surface area contributed by atoms with Gasteiger partial charge in [-0.15, -0.1) is 0 Å². The van der Waals surface area contributed by atoms with Gasteiger partial charge in [-0.3, -0.25) is 4.90 Å². The first-order valence-electron chi connectivity index (χ1n) is 13.3. The van der Waals surface area contributed by atoms with E-state index < -0.39 is 0 Å². The molecule has 0 spiro atoms. The second kappa shape index (κ2) is 10.8. The number of para-hydroxylation sites is 1. The fraction of sp³-hybridized carbons (Fsp3) is 0.323. The minimum absolute atomic E-state index is 0.0182. The molecule has 0 aliphatic heterocycles. The molecule has 1 fully saturated rings. The summed E-state index contributed by atoms with van der Waals surface area (Å²) in [4.78, 5) is 19.0. The monoisotopic (exact) mass is 507 g/mol. The molecule has 1 aliphatic rings. The summed E-state index contributed by atoms with van der Waals surface area (Å²) in [6, 6.07) is 31.7. The zero-order valence-corrected chi connectivity index (χ0v) is 22.7. The highest BCUT2D eigenvalue weighted by atomic mass is 15.3. The van der Waals surface area contributed by atoms with Gasteiger partial charge in [0.15, 0.2) is 0 Å². The normalized spacial score (nSPS) is 21.2. The Bertz CT molecular complexity index is 1320. The fourth-order valence-corrected chi connectivity index (χ4v) is 5.91. The Hall–Kier alpha value is -3.97. The Morgan fingerprint density at radius 2 is 1.08 bits per heavy atom. The van der Waals surface area contributed by atoms with Crippen LogP contribution >= 0.6 is 0 Å². The van der Waals surface area contributed by atoms with Gasteiger partial charge in [0.1, 0.15) is 0 Å². The van der Waals surface area contributed by atoms with Crippen molar-refractivity contribution in [1.29, 1.82) is 0 Å². The lowest BCUT2D eigenvalue weighted by Crippen LogP contribution is -2.54. The van der Waals surface area contributed by atoms with E-state index in [-0.39, 0.29) is 11.1 Å². The molecule has 2 N–H and O–H groups in total. The van der Waals surface area contributed by atoms with Gasteiger partial charge >= 0.3 is 0 Å². The highest BCUT2D eigenvalue weighted by Crippen LogP contribution is 2.51. The van der Waals surface area contributed by atoms with E-state index in [1.54, 1.807) is 0 Å². The Morgan fingerprint density at radius 3 is 1.61 bits per heavy atom. The van der Waals surface area contributed by atoms with Gasteiger partial charge in [0.05, 0.1) is 5.54 Å².